The summed E-state index contributed by atoms with van der Waals surface area (Å²) in [6, 6.07) is 2.61. The maximum absolute atomic E-state index is 12.6. The van der Waals surface area contributed by atoms with Gasteiger partial charge < -0.3 is 19.2 Å². The summed E-state index contributed by atoms with van der Waals surface area (Å²) in [6.45, 7) is 6.94. The molecule has 0 saturated carbocycles. The lowest BCUT2D eigenvalue weighted by atomic mass is 9.80. The van der Waals surface area contributed by atoms with Gasteiger partial charge >= 0.3 is 0 Å². The van der Waals surface area contributed by atoms with Crippen LogP contribution in [0.2, 0.25) is 0 Å². The zero-order valence-corrected chi connectivity index (χ0v) is 15.2. The van der Waals surface area contributed by atoms with Gasteiger partial charge in [-0.25, -0.2) is 0 Å². The van der Waals surface area contributed by atoms with Gasteiger partial charge in [-0.05, 0) is 32.1 Å². The van der Waals surface area contributed by atoms with Crippen molar-refractivity contribution in [3.63, 3.8) is 0 Å². The normalized spacial score (nSPS) is 26.2. The first kappa shape index (κ1) is 18.1. The summed E-state index contributed by atoms with van der Waals surface area (Å²) in [7, 11) is 0. The van der Waals surface area contributed by atoms with Crippen molar-refractivity contribution in [2.45, 2.75) is 64.3 Å². The number of rotatable bonds is 2. The van der Waals surface area contributed by atoms with Gasteiger partial charge in [0.2, 0.25) is 0 Å². The Balaban J connectivity index is 1.68. The molecule has 0 aromatic carbocycles. The van der Waals surface area contributed by atoms with Crippen LogP contribution in [0.15, 0.2) is 21.3 Å². The van der Waals surface area contributed by atoms with Gasteiger partial charge in [0.25, 0.3) is 5.91 Å². The molecule has 1 aromatic rings. The number of ether oxygens (including phenoxy) is 1. The molecule has 6 nitrogen and oxygen atoms in total. The van der Waals surface area contributed by atoms with Crippen LogP contribution in [-0.2, 0) is 4.74 Å². The van der Waals surface area contributed by atoms with Gasteiger partial charge in [0.15, 0.2) is 11.2 Å². The minimum Gasteiger partial charge on any atom is -0.456 e. The highest BCUT2D eigenvalue weighted by atomic mass is 16.5. The van der Waals surface area contributed by atoms with Crippen LogP contribution >= 0.6 is 0 Å². The number of nitrogens with zero attached hydrogens (tertiary/aromatic N) is 1. The van der Waals surface area contributed by atoms with E-state index in [0.717, 1.165) is 0 Å². The van der Waals surface area contributed by atoms with Gasteiger partial charge in [0.1, 0.15) is 5.76 Å². The third kappa shape index (κ3) is 3.96. The number of amides is 1. The highest BCUT2D eigenvalue weighted by Crippen LogP contribution is 2.39. The number of hydrogen-bond donors (Lipinski definition) is 1. The summed E-state index contributed by atoms with van der Waals surface area (Å²) in [5.41, 5.74) is -0.573. The summed E-state index contributed by atoms with van der Waals surface area (Å²) in [5.74, 6) is 0.619. The Morgan fingerprint density at radius 1 is 1.32 bits per heavy atom. The second kappa shape index (κ2) is 6.92. The molecule has 2 aliphatic heterocycles. The molecule has 1 aromatic heterocycles. The number of hydrogen-bond acceptors (Lipinski definition) is 5. The Hall–Kier alpha value is -1.66. The molecule has 25 heavy (non-hydrogen) atoms. The van der Waals surface area contributed by atoms with Crippen molar-refractivity contribution in [2.24, 2.45) is 5.92 Å². The highest BCUT2D eigenvalue weighted by molar-refractivity contribution is 5.91. The lowest BCUT2D eigenvalue weighted by Crippen LogP contribution is -2.54. The number of aliphatic hydroxyl groups excluding tert-OH is 1. The van der Waals surface area contributed by atoms with Gasteiger partial charge in [0.05, 0.1) is 17.8 Å². The molecule has 1 N–H and O–H groups in total. The van der Waals surface area contributed by atoms with E-state index in [0.29, 0.717) is 50.5 Å². The molecule has 3 heterocycles. The fourth-order valence-corrected chi connectivity index (χ4v) is 3.91. The number of carbonyl (C=O) groups excluding carboxylic acids is 1. The van der Waals surface area contributed by atoms with E-state index in [9.17, 15) is 14.7 Å². The molecule has 1 amide bonds. The van der Waals surface area contributed by atoms with Crippen LogP contribution < -0.4 is 5.43 Å². The molecular weight excluding hydrogens is 322 g/mol. The van der Waals surface area contributed by atoms with E-state index >= 15 is 0 Å². The number of carbonyl (C=O) groups is 1. The van der Waals surface area contributed by atoms with Gasteiger partial charge in [-0.1, -0.05) is 13.8 Å². The second-order valence-corrected chi connectivity index (χ2v) is 7.74. The average molecular weight is 349 g/mol. The van der Waals surface area contributed by atoms with Crippen molar-refractivity contribution < 1.29 is 19.1 Å². The van der Waals surface area contributed by atoms with Crippen molar-refractivity contribution in [3.8, 4) is 0 Å². The summed E-state index contributed by atoms with van der Waals surface area (Å²) >= 11 is 0. The maximum atomic E-state index is 12.6. The largest absolute Gasteiger partial charge is 0.456 e. The lowest BCUT2D eigenvalue weighted by Gasteiger charge is -2.48. The molecule has 2 aliphatic rings. The van der Waals surface area contributed by atoms with Crippen molar-refractivity contribution >= 4 is 5.91 Å². The summed E-state index contributed by atoms with van der Waals surface area (Å²) < 4.78 is 11.8. The first-order chi connectivity index (χ1) is 11.8. The Labute approximate surface area is 147 Å². The first-order valence-corrected chi connectivity index (χ1v) is 9.05. The standard InChI is InChI=1S/C19H27NO5/c1-12(2)16-10-15(22)11-19(25-16)4-6-20(7-5-19)18(23)17-9-14(21)8-13(3)24-17/h8-9,12,15-16,22H,4-7,10-11H2,1-3H3/t15-,16-/m1/s1. The number of aliphatic hydroxyl groups is 1. The van der Waals surface area contributed by atoms with E-state index in [-0.39, 0.29) is 34.9 Å². The zero-order chi connectivity index (χ0) is 18.2. The van der Waals surface area contributed by atoms with Crippen LogP contribution in [-0.4, -0.2) is 46.8 Å². The van der Waals surface area contributed by atoms with Gasteiger partial charge in [-0.15, -0.1) is 0 Å². The Kier molecular flexibility index (Phi) is 5.02. The predicted octanol–water partition coefficient (Wildman–Crippen LogP) is 2.12. The molecule has 0 unspecified atom stereocenters. The minimum atomic E-state index is -0.350. The SMILES string of the molecule is Cc1cc(=O)cc(C(=O)N2CCC3(CC2)C[C@H](O)C[C@H](C(C)C)O3)o1. The van der Waals surface area contributed by atoms with Crippen LogP contribution in [0.3, 0.4) is 0 Å². The summed E-state index contributed by atoms with van der Waals surface area (Å²) in [5, 5.41) is 10.2. The molecule has 6 heteroatoms. The average Bonchev–Trinajstić information content (AvgIpc) is 2.53. The molecular formula is C19H27NO5. The minimum absolute atomic E-state index is 0.0563. The monoisotopic (exact) mass is 349 g/mol. The molecule has 2 fully saturated rings. The van der Waals surface area contributed by atoms with Crippen LogP contribution in [0, 0.1) is 12.8 Å². The summed E-state index contributed by atoms with van der Waals surface area (Å²) in [4.78, 5) is 25.9. The van der Waals surface area contributed by atoms with Gasteiger partial charge in [-0.2, -0.15) is 0 Å². The first-order valence-electron chi connectivity index (χ1n) is 9.05. The van der Waals surface area contributed by atoms with E-state index < -0.39 is 0 Å². The van der Waals surface area contributed by atoms with E-state index in [1.807, 2.05) is 0 Å². The Morgan fingerprint density at radius 2 is 2.00 bits per heavy atom. The zero-order valence-electron chi connectivity index (χ0n) is 15.2. The Bertz CT molecular complexity index is 687. The van der Waals surface area contributed by atoms with Gasteiger partial charge in [-0.3, -0.25) is 9.59 Å². The number of piperidine rings is 1. The molecule has 2 saturated heterocycles. The molecule has 2 atom stereocenters. The quantitative estimate of drug-likeness (QED) is 0.885. The van der Waals surface area contributed by atoms with Crippen LogP contribution in [0.5, 0.6) is 0 Å². The highest BCUT2D eigenvalue weighted by Gasteiger charge is 2.44. The van der Waals surface area contributed by atoms with Crippen LogP contribution in [0.4, 0.5) is 0 Å². The molecule has 0 aliphatic carbocycles. The van der Waals surface area contributed by atoms with E-state index in [1.54, 1.807) is 11.8 Å². The van der Waals surface area contributed by atoms with E-state index in [4.69, 9.17) is 9.15 Å². The lowest BCUT2D eigenvalue weighted by molar-refractivity contribution is -0.190. The van der Waals surface area contributed by atoms with Crippen molar-refractivity contribution in [1.29, 1.82) is 0 Å². The number of likely N-dealkylation sites (tertiary alicyclic amines) is 1. The fraction of sp³-hybridized carbons (Fsp3) is 0.684. The third-order valence-electron chi connectivity index (χ3n) is 5.32. The van der Waals surface area contributed by atoms with Crippen LogP contribution in [0.25, 0.3) is 0 Å². The second-order valence-electron chi connectivity index (χ2n) is 7.74. The summed E-state index contributed by atoms with van der Waals surface area (Å²) in [6.07, 6.45) is 2.39. The predicted molar refractivity (Wildman–Crippen MR) is 92.5 cm³/mol. The molecule has 0 radical (unpaired) electrons. The molecule has 138 valence electrons. The van der Waals surface area contributed by atoms with Crippen molar-refractivity contribution in [3.05, 3.63) is 33.9 Å². The maximum Gasteiger partial charge on any atom is 0.289 e. The van der Waals surface area contributed by atoms with E-state index in [1.165, 1.54) is 12.1 Å². The topological polar surface area (TPSA) is 80.0 Å². The third-order valence-corrected chi connectivity index (χ3v) is 5.32. The number of aryl methyl sites for hydroxylation is 1. The molecule has 3 rings (SSSR count). The van der Waals surface area contributed by atoms with E-state index in [2.05, 4.69) is 13.8 Å². The van der Waals surface area contributed by atoms with Crippen molar-refractivity contribution in [1.82, 2.24) is 4.90 Å². The van der Waals surface area contributed by atoms with Crippen molar-refractivity contribution in [2.75, 3.05) is 13.1 Å². The van der Waals surface area contributed by atoms with Gasteiger partial charge in [0, 0.05) is 31.6 Å². The van der Waals surface area contributed by atoms with Crippen LogP contribution in [0.1, 0.15) is 55.8 Å². The fourth-order valence-electron chi connectivity index (χ4n) is 3.91. The molecule has 1 spiro atoms. The molecule has 0 bridgehead atoms. The smallest absolute Gasteiger partial charge is 0.289 e. The Morgan fingerprint density at radius 3 is 2.60 bits per heavy atom.